The Morgan fingerprint density at radius 1 is 1.19 bits per heavy atom. The highest BCUT2D eigenvalue weighted by molar-refractivity contribution is 8.06. The third-order valence-corrected chi connectivity index (χ3v) is 4.83. The zero-order valence-corrected chi connectivity index (χ0v) is 15.6. The van der Waals surface area contributed by atoms with Crippen LogP contribution in [0.4, 0.5) is 0 Å². The van der Waals surface area contributed by atoms with E-state index in [0.29, 0.717) is 0 Å². The molecule has 0 radical (unpaired) electrons. The van der Waals surface area contributed by atoms with Crippen molar-refractivity contribution in [3.63, 3.8) is 0 Å². The van der Waals surface area contributed by atoms with E-state index in [4.69, 9.17) is 0 Å². The van der Waals surface area contributed by atoms with Gasteiger partial charge in [-0.2, -0.15) is 0 Å². The molecule has 122 valence electrons. The summed E-state index contributed by atoms with van der Waals surface area (Å²) < 4.78 is 0. The molecule has 1 unspecified atom stereocenters. The minimum atomic E-state index is -0.0322. The van der Waals surface area contributed by atoms with Crippen LogP contribution >= 0.6 is 11.8 Å². The highest BCUT2D eigenvalue weighted by atomic mass is 32.2. The van der Waals surface area contributed by atoms with Crippen molar-refractivity contribution in [3.05, 3.63) is 22.0 Å². The molecule has 0 N–H and O–H groups in total. The van der Waals surface area contributed by atoms with E-state index in [1.807, 2.05) is 18.7 Å². The van der Waals surface area contributed by atoms with Crippen LogP contribution in [-0.4, -0.2) is 23.9 Å². The molecule has 1 atom stereocenters. The van der Waals surface area contributed by atoms with Gasteiger partial charge in [0.05, 0.1) is 5.92 Å². The van der Waals surface area contributed by atoms with Crippen molar-refractivity contribution in [2.24, 2.45) is 5.92 Å². The largest absolute Gasteiger partial charge is 0.342 e. The number of unbranched alkanes of at least 4 members (excludes halogenated alkanes) is 1. The lowest BCUT2D eigenvalue weighted by atomic mass is 9.99. The molecule has 0 aromatic rings. The Labute approximate surface area is 136 Å². The van der Waals surface area contributed by atoms with E-state index in [1.54, 1.807) is 11.8 Å². The van der Waals surface area contributed by atoms with E-state index in [-0.39, 0.29) is 11.8 Å². The van der Waals surface area contributed by atoms with E-state index in [0.717, 1.165) is 43.7 Å². The lowest BCUT2D eigenvalue weighted by Gasteiger charge is -2.26. The van der Waals surface area contributed by atoms with E-state index in [9.17, 15) is 4.79 Å². The molecule has 0 saturated carbocycles. The fourth-order valence-corrected chi connectivity index (χ4v) is 3.30. The molecule has 0 aliphatic heterocycles. The van der Waals surface area contributed by atoms with Gasteiger partial charge in [-0.15, -0.1) is 0 Å². The molecular weight excluding hydrogens is 278 g/mol. The van der Waals surface area contributed by atoms with Gasteiger partial charge in [-0.3, -0.25) is 4.79 Å². The number of hydrogen-bond acceptors (Lipinski definition) is 2. The number of carbonyl (C=O) groups excluding carboxylic acids is 1. The van der Waals surface area contributed by atoms with Crippen LogP contribution in [0.15, 0.2) is 22.0 Å². The zero-order valence-electron chi connectivity index (χ0n) is 14.8. The number of hydrogen-bond donors (Lipinski definition) is 0. The smallest absolute Gasteiger partial charge is 0.229 e. The Balaban J connectivity index is 5.09. The second kappa shape index (κ2) is 10.9. The molecule has 0 heterocycles. The summed E-state index contributed by atoms with van der Waals surface area (Å²) >= 11 is 1.73. The average molecular weight is 312 g/mol. The van der Waals surface area contributed by atoms with Crippen molar-refractivity contribution in [1.82, 2.24) is 4.90 Å². The molecule has 0 aromatic carbocycles. The molecule has 1 amide bonds. The third kappa shape index (κ3) is 7.21. The van der Waals surface area contributed by atoms with Gasteiger partial charge < -0.3 is 4.90 Å². The lowest BCUT2D eigenvalue weighted by molar-refractivity contribution is -0.133. The maximum absolute atomic E-state index is 12.7. The Kier molecular flexibility index (Phi) is 10.6. The van der Waals surface area contributed by atoms with Crippen LogP contribution in [-0.2, 0) is 4.79 Å². The van der Waals surface area contributed by atoms with Crippen molar-refractivity contribution in [2.45, 2.75) is 67.2 Å². The van der Waals surface area contributed by atoms with Crippen molar-refractivity contribution < 1.29 is 4.79 Å². The van der Waals surface area contributed by atoms with Crippen molar-refractivity contribution >= 4 is 17.7 Å². The number of carbonyl (C=O) groups is 1. The highest BCUT2D eigenvalue weighted by Crippen LogP contribution is 2.33. The first kappa shape index (κ1) is 20.3. The maximum atomic E-state index is 12.7. The average Bonchev–Trinajstić information content (AvgIpc) is 2.45. The van der Waals surface area contributed by atoms with E-state index in [1.165, 1.54) is 10.5 Å². The van der Waals surface area contributed by atoms with Crippen LogP contribution in [0.3, 0.4) is 0 Å². The molecular formula is C18H33NOS. The van der Waals surface area contributed by atoms with E-state index in [2.05, 4.69) is 34.3 Å². The molecule has 0 spiro atoms. The second-order valence-electron chi connectivity index (χ2n) is 5.65. The Morgan fingerprint density at radius 2 is 1.81 bits per heavy atom. The summed E-state index contributed by atoms with van der Waals surface area (Å²) in [4.78, 5) is 17.1. The summed E-state index contributed by atoms with van der Waals surface area (Å²) in [7, 11) is 0. The molecule has 0 aromatic heterocycles. The molecule has 2 nitrogen and oxygen atoms in total. The monoisotopic (exact) mass is 311 g/mol. The lowest BCUT2D eigenvalue weighted by Crippen LogP contribution is -2.36. The SMILES string of the molecule is C=C(C)S/C(CCC)=C(\C)C(C)C(=O)N(CC)CCCC. The first-order valence-corrected chi connectivity index (χ1v) is 9.02. The number of nitrogens with zero attached hydrogens (tertiary/aromatic N) is 1. The van der Waals surface area contributed by atoms with Gasteiger partial charge in [0, 0.05) is 13.1 Å². The van der Waals surface area contributed by atoms with Crippen molar-refractivity contribution in [1.29, 1.82) is 0 Å². The van der Waals surface area contributed by atoms with Gasteiger partial charge in [-0.05, 0) is 50.3 Å². The van der Waals surface area contributed by atoms with Crippen LogP contribution in [0.2, 0.25) is 0 Å². The standard InChI is InChI=1S/C18H33NOS/c1-8-11-13-19(10-3)18(20)16(7)15(6)17(12-9-2)21-14(4)5/h16H,4,8-13H2,1-3,5-7H3/b17-15+. The quantitative estimate of drug-likeness (QED) is 0.522. The molecule has 0 fully saturated rings. The maximum Gasteiger partial charge on any atom is 0.229 e. The summed E-state index contributed by atoms with van der Waals surface area (Å²) in [5, 5.41) is 0. The fourth-order valence-electron chi connectivity index (χ4n) is 2.24. The predicted octanol–water partition coefficient (Wildman–Crippen LogP) is 5.61. The number of amides is 1. The summed E-state index contributed by atoms with van der Waals surface area (Å²) in [6.45, 7) is 18.2. The molecule has 0 saturated heterocycles. The molecule has 0 rings (SSSR count). The van der Waals surface area contributed by atoms with Crippen molar-refractivity contribution in [3.8, 4) is 0 Å². The topological polar surface area (TPSA) is 20.3 Å². The van der Waals surface area contributed by atoms with Gasteiger partial charge in [0.2, 0.25) is 5.91 Å². The van der Waals surface area contributed by atoms with Gasteiger partial charge in [-0.25, -0.2) is 0 Å². The van der Waals surface area contributed by atoms with Gasteiger partial charge in [-0.1, -0.05) is 50.6 Å². The molecule has 3 heteroatoms. The Morgan fingerprint density at radius 3 is 2.24 bits per heavy atom. The summed E-state index contributed by atoms with van der Waals surface area (Å²) in [6, 6.07) is 0. The highest BCUT2D eigenvalue weighted by Gasteiger charge is 2.22. The van der Waals surface area contributed by atoms with E-state index < -0.39 is 0 Å². The minimum Gasteiger partial charge on any atom is -0.342 e. The zero-order chi connectivity index (χ0) is 16.4. The van der Waals surface area contributed by atoms with Gasteiger partial charge in [0.25, 0.3) is 0 Å². The summed E-state index contributed by atoms with van der Waals surface area (Å²) in [5.41, 5.74) is 1.21. The van der Waals surface area contributed by atoms with E-state index >= 15 is 0 Å². The van der Waals surface area contributed by atoms with Gasteiger partial charge >= 0.3 is 0 Å². The molecule has 0 bridgehead atoms. The Hall–Kier alpha value is -0.700. The number of rotatable bonds is 10. The normalized spacial score (nSPS) is 13.6. The minimum absolute atomic E-state index is 0.0322. The third-order valence-electron chi connectivity index (χ3n) is 3.71. The van der Waals surface area contributed by atoms with Crippen LogP contribution < -0.4 is 0 Å². The van der Waals surface area contributed by atoms with Crippen LogP contribution in [0.5, 0.6) is 0 Å². The Bertz CT molecular complexity index is 373. The molecule has 0 aliphatic rings. The summed E-state index contributed by atoms with van der Waals surface area (Å²) in [5.74, 6) is 0.231. The van der Waals surface area contributed by atoms with Gasteiger partial charge in [0.15, 0.2) is 0 Å². The van der Waals surface area contributed by atoms with Crippen LogP contribution in [0.1, 0.15) is 67.2 Å². The number of thioether (sulfide) groups is 1. The van der Waals surface area contributed by atoms with Gasteiger partial charge in [0.1, 0.15) is 0 Å². The molecule has 0 aliphatic carbocycles. The predicted molar refractivity (Wildman–Crippen MR) is 96.3 cm³/mol. The van der Waals surface area contributed by atoms with Crippen molar-refractivity contribution in [2.75, 3.05) is 13.1 Å². The van der Waals surface area contributed by atoms with Crippen LogP contribution in [0.25, 0.3) is 0 Å². The first-order valence-electron chi connectivity index (χ1n) is 8.20. The fraction of sp³-hybridized carbons (Fsp3) is 0.722. The first-order chi connectivity index (χ1) is 9.88. The second-order valence-corrected chi connectivity index (χ2v) is 7.05. The summed E-state index contributed by atoms with van der Waals surface area (Å²) in [6.07, 6.45) is 4.33. The number of allylic oxidation sites excluding steroid dienone is 2. The van der Waals surface area contributed by atoms with Crippen LogP contribution in [0, 0.1) is 5.92 Å². The molecule has 21 heavy (non-hydrogen) atoms.